The van der Waals surface area contributed by atoms with Crippen LogP contribution in [0.25, 0.3) is 0 Å². The molecular weight excluding hydrogens is 130 g/mol. The summed E-state index contributed by atoms with van der Waals surface area (Å²) in [5.74, 6) is 1.19. The van der Waals surface area contributed by atoms with Gasteiger partial charge in [0, 0.05) is 12.1 Å². The van der Waals surface area contributed by atoms with E-state index in [-0.39, 0.29) is 5.91 Å². The second-order valence-corrected chi connectivity index (χ2v) is 2.39. The molecule has 1 aromatic rings. The van der Waals surface area contributed by atoms with Gasteiger partial charge in [-0.15, -0.1) is 0 Å². The Kier molecular flexibility index (Phi) is 0.897. The van der Waals surface area contributed by atoms with Gasteiger partial charge in [0.15, 0.2) is 5.76 Å². The van der Waals surface area contributed by atoms with Crippen LogP contribution < -0.4 is 5.32 Å². The highest BCUT2D eigenvalue weighted by Crippen LogP contribution is 2.18. The Morgan fingerprint density at radius 2 is 2.50 bits per heavy atom. The van der Waals surface area contributed by atoms with Crippen molar-refractivity contribution in [2.24, 2.45) is 0 Å². The van der Waals surface area contributed by atoms with Crippen molar-refractivity contribution >= 4 is 5.91 Å². The summed E-state index contributed by atoms with van der Waals surface area (Å²) in [6.45, 7) is 2.46. The Bertz CT molecular complexity index is 288. The molecule has 52 valence electrons. The molecule has 0 spiro atoms. The van der Waals surface area contributed by atoms with E-state index in [1.807, 2.05) is 13.0 Å². The zero-order valence-corrected chi connectivity index (χ0v) is 5.60. The highest BCUT2D eigenvalue weighted by Gasteiger charge is 2.22. The molecule has 0 unspecified atom stereocenters. The maximum Gasteiger partial charge on any atom is 0.287 e. The van der Waals surface area contributed by atoms with Gasteiger partial charge in [-0.1, -0.05) is 0 Å². The first-order valence-corrected chi connectivity index (χ1v) is 3.15. The molecule has 0 fully saturated rings. The van der Waals surface area contributed by atoms with Crippen molar-refractivity contribution in [2.45, 2.75) is 13.5 Å². The quantitative estimate of drug-likeness (QED) is 0.575. The van der Waals surface area contributed by atoms with Gasteiger partial charge >= 0.3 is 0 Å². The minimum atomic E-state index is -0.0944. The second-order valence-electron chi connectivity index (χ2n) is 2.39. The molecule has 1 aromatic heterocycles. The Morgan fingerprint density at radius 3 is 3.20 bits per heavy atom. The van der Waals surface area contributed by atoms with E-state index in [1.165, 1.54) is 0 Å². The lowest BCUT2D eigenvalue weighted by Gasteiger charge is -1.87. The molecule has 2 rings (SSSR count). The fraction of sp³-hybridized carbons (Fsp3) is 0.286. The summed E-state index contributed by atoms with van der Waals surface area (Å²) < 4.78 is 5.13. The van der Waals surface area contributed by atoms with Crippen molar-refractivity contribution in [1.82, 2.24) is 5.32 Å². The molecule has 1 aliphatic rings. The van der Waals surface area contributed by atoms with Gasteiger partial charge in [0.1, 0.15) is 5.76 Å². The Morgan fingerprint density at radius 1 is 1.70 bits per heavy atom. The first-order valence-electron chi connectivity index (χ1n) is 3.15. The Labute approximate surface area is 58.0 Å². The molecule has 2 heterocycles. The average Bonchev–Trinajstić information content (AvgIpc) is 2.35. The highest BCUT2D eigenvalue weighted by atomic mass is 16.4. The number of aryl methyl sites for hydroxylation is 1. The largest absolute Gasteiger partial charge is 0.456 e. The van der Waals surface area contributed by atoms with Crippen LogP contribution in [0.1, 0.15) is 21.9 Å². The number of carbonyl (C=O) groups excluding carboxylic acids is 1. The summed E-state index contributed by atoms with van der Waals surface area (Å²) in [4.78, 5) is 10.9. The summed E-state index contributed by atoms with van der Waals surface area (Å²) in [6, 6.07) is 1.88. The van der Waals surface area contributed by atoms with Crippen LogP contribution in [-0.2, 0) is 6.54 Å². The number of rotatable bonds is 0. The molecule has 1 aliphatic heterocycles. The van der Waals surface area contributed by atoms with Gasteiger partial charge in [0.2, 0.25) is 0 Å². The van der Waals surface area contributed by atoms with E-state index >= 15 is 0 Å². The standard InChI is InChI=1S/C7H7NO2/c1-4-2-5-3-8-7(9)6(5)10-4/h2H,3H2,1H3,(H,8,9). The number of hydrogen-bond donors (Lipinski definition) is 1. The van der Waals surface area contributed by atoms with Crippen molar-refractivity contribution in [2.75, 3.05) is 0 Å². The minimum Gasteiger partial charge on any atom is -0.456 e. The highest BCUT2D eigenvalue weighted by molar-refractivity contribution is 5.95. The summed E-state index contributed by atoms with van der Waals surface area (Å²) in [5.41, 5.74) is 0.975. The van der Waals surface area contributed by atoms with E-state index in [0.717, 1.165) is 11.3 Å². The van der Waals surface area contributed by atoms with Crippen LogP contribution in [0.2, 0.25) is 0 Å². The molecule has 3 heteroatoms. The molecule has 0 aromatic carbocycles. The molecule has 10 heavy (non-hydrogen) atoms. The fourth-order valence-electron chi connectivity index (χ4n) is 1.15. The van der Waals surface area contributed by atoms with Crippen LogP contribution in [0, 0.1) is 6.92 Å². The van der Waals surface area contributed by atoms with Crippen LogP contribution in [0.3, 0.4) is 0 Å². The molecule has 1 amide bonds. The number of carbonyl (C=O) groups is 1. The summed E-state index contributed by atoms with van der Waals surface area (Å²) >= 11 is 0. The van der Waals surface area contributed by atoms with Gasteiger partial charge in [-0.25, -0.2) is 0 Å². The van der Waals surface area contributed by atoms with Crippen molar-refractivity contribution in [3.8, 4) is 0 Å². The average molecular weight is 137 g/mol. The van der Waals surface area contributed by atoms with Crippen molar-refractivity contribution in [3.05, 3.63) is 23.2 Å². The molecular formula is C7H7NO2. The van der Waals surface area contributed by atoms with E-state index < -0.39 is 0 Å². The number of furan rings is 1. The van der Waals surface area contributed by atoms with Crippen LogP contribution in [0.5, 0.6) is 0 Å². The van der Waals surface area contributed by atoms with Crippen molar-refractivity contribution in [3.63, 3.8) is 0 Å². The van der Waals surface area contributed by atoms with Crippen LogP contribution in [0.15, 0.2) is 10.5 Å². The van der Waals surface area contributed by atoms with Gasteiger partial charge in [-0.2, -0.15) is 0 Å². The smallest absolute Gasteiger partial charge is 0.287 e. The van der Waals surface area contributed by atoms with E-state index in [1.54, 1.807) is 0 Å². The first kappa shape index (κ1) is 5.53. The third-order valence-electron chi connectivity index (χ3n) is 1.58. The normalized spacial score (nSPS) is 15.1. The molecule has 0 saturated carbocycles. The lowest BCUT2D eigenvalue weighted by atomic mass is 10.3. The van der Waals surface area contributed by atoms with Crippen LogP contribution in [-0.4, -0.2) is 5.91 Å². The minimum absolute atomic E-state index is 0.0944. The number of amides is 1. The lowest BCUT2D eigenvalue weighted by molar-refractivity contribution is 0.0939. The topological polar surface area (TPSA) is 42.2 Å². The molecule has 0 aliphatic carbocycles. The number of hydrogen-bond acceptors (Lipinski definition) is 2. The number of nitrogens with one attached hydrogen (secondary N) is 1. The van der Waals surface area contributed by atoms with Crippen molar-refractivity contribution in [1.29, 1.82) is 0 Å². The van der Waals surface area contributed by atoms with Gasteiger partial charge in [0.25, 0.3) is 5.91 Å². The van der Waals surface area contributed by atoms with Crippen LogP contribution in [0.4, 0.5) is 0 Å². The molecule has 0 atom stereocenters. The van der Waals surface area contributed by atoms with E-state index in [9.17, 15) is 4.79 Å². The van der Waals surface area contributed by atoms with Gasteiger partial charge in [-0.05, 0) is 13.0 Å². The zero-order valence-electron chi connectivity index (χ0n) is 5.60. The third-order valence-corrected chi connectivity index (χ3v) is 1.58. The number of fused-ring (bicyclic) bond motifs is 1. The van der Waals surface area contributed by atoms with E-state index in [0.29, 0.717) is 12.3 Å². The maximum absolute atomic E-state index is 10.9. The summed E-state index contributed by atoms with van der Waals surface area (Å²) in [5, 5.41) is 2.66. The van der Waals surface area contributed by atoms with E-state index in [2.05, 4.69) is 5.32 Å². The maximum atomic E-state index is 10.9. The predicted octanol–water partition coefficient (Wildman–Crippen LogP) is 0.831. The fourth-order valence-corrected chi connectivity index (χ4v) is 1.15. The molecule has 0 radical (unpaired) electrons. The molecule has 0 saturated heterocycles. The third kappa shape index (κ3) is 0.572. The van der Waals surface area contributed by atoms with E-state index in [4.69, 9.17) is 4.42 Å². The molecule has 3 nitrogen and oxygen atoms in total. The Balaban J connectivity index is 2.59. The SMILES string of the molecule is Cc1cc2c(o1)C(=O)NC2. The zero-order chi connectivity index (χ0) is 7.14. The van der Waals surface area contributed by atoms with Gasteiger partial charge in [-0.3, -0.25) is 4.79 Å². The summed E-state index contributed by atoms with van der Waals surface area (Å²) in [7, 11) is 0. The second kappa shape index (κ2) is 1.62. The predicted molar refractivity (Wildman–Crippen MR) is 34.6 cm³/mol. The first-order chi connectivity index (χ1) is 4.77. The summed E-state index contributed by atoms with van der Waals surface area (Å²) in [6.07, 6.45) is 0. The van der Waals surface area contributed by atoms with Gasteiger partial charge in [0.05, 0.1) is 0 Å². The molecule has 0 bridgehead atoms. The van der Waals surface area contributed by atoms with Crippen LogP contribution >= 0.6 is 0 Å². The van der Waals surface area contributed by atoms with Gasteiger partial charge < -0.3 is 9.73 Å². The lowest BCUT2D eigenvalue weighted by Crippen LogP contribution is -2.12. The van der Waals surface area contributed by atoms with Crippen molar-refractivity contribution < 1.29 is 9.21 Å². The molecule has 1 N–H and O–H groups in total. The Hall–Kier alpha value is -1.25. The monoisotopic (exact) mass is 137 g/mol.